The average molecular weight is 363 g/mol. The van der Waals surface area contributed by atoms with Gasteiger partial charge in [0.1, 0.15) is 19.0 Å². The molecule has 1 amide bonds. The smallest absolute Gasteiger partial charge is 0.245 e. The van der Waals surface area contributed by atoms with Gasteiger partial charge < -0.3 is 24.2 Å². The van der Waals surface area contributed by atoms with Crippen LogP contribution in [0.1, 0.15) is 11.6 Å². The van der Waals surface area contributed by atoms with Gasteiger partial charge in [0.05, 0.1) is 33.5 Å². The molecule has 2 heterocycles. The van der Waals surface area contributed by atoms with E-state index in [2.05, 4.69) is 15.5 Å². The second-order valence-corrected chi connectivity index (χ2v) is 5.75. The van der Waals surface area contributed by atoms with Gasteiger partial charge in [-0.25, -0.2) is 4.68 Å². The average Bonchev–Trinajstić information content (AvgIpc) is 3.19. The second-order valence-electron chi connectivity index (χ2n) is 5.75. The van der Waals surface area contributed by atoms with Gasteiger partial charge in [0.15, 0.2) is 11.5 Å². The number of carbonyl (C=O) groups is 1. The van der Waals surface area contributed by atoms with Crippen molar-refractivity contribution < 1.29 is 24.1 Å². The lowest BCUT2D eigenvalue weighted by Crippen LogP contribution is -2.50. The van der Waals surface area contributed by atoms with Crippen molar-refractivity contribution in [2.45, 2.75) is 18.7 Å². The van der Waals surface area contributed by atoms with Crippen molar-refractivity contribution >= 4 is 5.91 Å². The highest BCUT2D eigenvalue weighted by molar-refractivity contribution is 5.76. The van der Waals surface area contributed by atoms with Gasteiger partial charge in [-0.1, -0.05) is 6.07 Å². The highest BCUT2D eigenvalue weighted by atomic mass is 16.5. The molecule has 0 aliphatic carbocycles. The minimum absolute atomic E-state index is 0.00887. The Morgan fingerprint density at radius 1 is 1.35 bits per heavy atom. The van der Waals surface area contributed by atoms with Gasteiger partial charge in [-0.05, 0) is 28.1 Å². The Morgan fingerprint density at radius 2 is 2.15 bits per heavy atom. The third kappa shape index (κ3) is 3.60. The number of nitrogens with zero attached hydrogens (tertiary/aromatic N) is 5. The minimum atomic E-state index is -0.542. The van der Waals surface area contributed by atoms with Crippen LogP contribution in [-0.2, 0) is 16.1 Å². The molecule has 1 N–H and O–H groups in total. The van der Waals surface area contributed by atoms with Gasteiger partial charge in [0.2, 0.25) is 5.91 Å². The Kier molecular flexibility index (Phi) is 5.64. The van der Waals surface area contributed by atoms with Crippen molar-refractivity contribution in [3.8, 4) is 11.5 Å². The Balaban J connectivity index is 1.91. The zero-order valence-electron chi connectivity index (χ0n) is 14.6. The highest BCUT2D eigenvalue weighted by Gasteiger charge is 2.36. The number of aromatic nitrogens is 4. The molecule has 1 aliphatic heterocycles. The van der Waals surface area contributed by atoms with Crippen molar-refractivity contribution in [3.05, 3.63) is 30.1 Å². The number of carbonyl (C=O) groups excluding carboxylic acids is 1. The van der Waals surface area contributed by atoms with Crippen LogP contribution in [0.3, 0.4) is 0 Å². The first kappa shape index (κ1) is 18.1. The molecular weight excluding hydrogens is 342 g/mol. The molecule has 0 radical (unpaired) electrons. The SMILES string of the molecule is COc1ccc([C@H]2[C@H](CO)OCCN2C(=O)Cn2cnnn2)cc1OC. The molecule has 0 spiro atoms. The molecule has 1 saturated heterocycles. The van der Waals surface area contributed by atoms with Gasteiger partial charge in [0, 0.05) is 6.54 Å². The summed E-state index contributed by atoms with van der Waals surface area (Å²) in [5.41, 5.74) is 0.784. The molecule has 2 atom stereocenters. The van der Waals surface area contributed by atoms with E-state index in [1.165, 1.54) is 11.0 Å². The summed E-state index contributed by atoms with van der Waals surface area (Å²) in [6.07, 6.45) is 0.840. The van der Waals surface area contributed by atoms with Gasteiger partial charge >= 0.3 is 0 Å². The molecular formula is C16H21N5O5. The topological polar surface area (TPSA) is 112 Å². The van der Waals surface area contributed by atoms with Gasteiger partial charge in [0.25, 0.3) is 0 Å². The maximum absolute atomic E-state index is 12.8. The first-order valence-corrected chi connectivity index (χ1v) is 8.12. The number of morpholine rings is 1. The molecule has 2 aromatic rings. The first-order valence-electron chi connectivity index (χ1n) is 8.12. The number of benzene rings is 1. The van der Waals surface area contributed by atoms with Crippen molar-refractivity contribution in [2.24, 2.45) is 0 Å². The van der Waals surface area contributed by atoms with Crippen LogP contribution in [0.4, 0.5) is 0 Å². The molecule has 1 aromatic heterocycles. The van der Waals surface area contributed by atoms with E-state index in [0.717, 1.165) is 5.56 Å². The Hall–Kier alpha value is -2.72. The van der Waals surface area contributed by atoms with Crippen LogP contribution in [0.25, 0.3) is 0 Å². The number of ether oxygens (including phenoxy) is 3. The predicted molar refractivity (Wildman–Crippen MR) is 88.6 cm³/mol. The van der Waals surface area contributed by atoms with Crippen LogP contribution in [-0.4, -0.2) is 76.2 Å². The van der Waals surface area contributed by atoms with Gasteiger partial charge in [-0.15, -0.1) is 5.10 Å². The number of hydrogen-bond acceptors (Lipinski definition) is 8. The summed E-state index contributed by atoms with van der Waals surface area (Å²) in [7, 11) is 3.10. The summed E-state index contributed by atoms with van der Waals surface area (Å²) >= 11 is 0. The van der Waals surface area contributed by atoms with Crippen LogP contribution in [0, 0.1) is 0 Å². The van der Waals surface area contributed by atoms with E-state index in [1.54, 1.807) is 31.3 Å². The largest absolute Gasteiger partial charge is 0.493 e. The molecule has 0 bridgehead atoms. The molecule has 1 aliphatic rings. The first-order chi connectivity index (χ1) is 12.7. The fourth-order valence-electron chi connectivity index (χ4n) is 3.08. The number of tetrazole rings is 1. The maximum atomic E-state index is 12.8. The number of aliphatic hydroxyl groups is 1. The summed E-state index contributed by atoms with van der Waals surface area (Å²) < 4.78 is 17.7. The van der Waals surface area contributed by atoms with E-state index in [-0.39, 0.29) is 19.1 Å². The number of aliphatic hydroxyl groups excluding tert-OH is 1. The van der Waals surface area contributed by atoms with Crippen molar-refractivity contribution in [3.63, 3.8) is 0 Å². The summed E-state index contributed by atoms with van der Waals surface area (Å²) in [5.74, 6) is 0.957. The van der Waals surface area contributed by atoms with E-state index in [9.17, 15) is 9.90 Å². The summed E-state index contributed by atoms with van der Waals surface area (Å²) in [5, 5.41) is 20.6. The lowest BCUT2D eigenvalue weighted by Gasteiger charge is -2.41. The minimum Gasteiger partial charge on any atom is -0.493 e. The molecule has 26 heavy (non-hydrogen) atoms. The van der Waals surface area contributed by atoms with Crippen LogP contribution in [0.15, 0.2) is 24.5 Å². The van der Waals surface area contributed by atoms with Gasteiger partial charge in [-0.2, -0.15) is 0 Å². The Morgan fingerprint density at radius 3 is 2.81 bits per heavy atom. The third-order valence-corrected chi connectivity index (χ3v) is 4.29. The predicted octanol–water partition coefficient (Wildman–Crippen LogP) is -0.349. The zero-order valence-corrected chi connectivity index (χ0v) is 14.6. The maximum Gasteiger partial charge on any atom is 0.245 e. The van der Waals surface area contributed by atoms with E-state index in [4.69, 9.17) is 14.2 Å². The van der Waals surface area contributed by atoms with E-state index in [0.29, 0.717) is 24.7 Å². The number of amides is 1. The molecule has 10 heteroatoms. The van der Waals surface area contributed by atoms with Crippen molar-refractivity contribution in [1.82, 2.24) is 25.1 Å². The molecule has 0 saturated carbocycles. The number of hydrogen-bond donors (Lipinski definition) is 1. The molecule has 1 aromatic carbocycles. The summed E-state index contributed by atoms with van der Waals surface area (Å²) in [6.45, 7) is 0.537. The summed E-state index contributed by atoms with van der Waals surface area (Å²) in [4.78, 5) is 14.5. The third-order valence-electron chi connectivity index (χ3n) is 4.29. The molecule has 0 unspecified atom stereocenters. The fraction of sp³-hybridized carbons (Fsp3) is 0.500. The normalized spacial score (nSPS) is 20.0. The highest BCUT2D eigenvalue weighted by Crippen LogP contribution is 2.35. The van der Waals surface area contributed by atoms with E-state index in [1.807, 2.05) is 6.07 Å². The van der Waals surface area contributed by atoms with Crippen LogP contribution < -0.4 is 9.47 Å². The molecule has 1 fully saturated rings. The standard InChI is InChI=1S/C16H21N5O5/c1-24-12-4-3-11(7-13(12)25-2)16-14(9-22)26-6-5-21(16)15(23)8-20-10-17-18-19-20/h3-4,7,10,14,16,22H,5-6,8-9H2,1-2H3/t14-,16-/m0/s1. The Bertz CT molecular complexity index is 739. The fourth-order valence-corrected chi connectivity index (χ4v) is 3.08. The van der Waals surface area contributed by atoms with Gasteiger partial charge in [-0.3, -0.25) is 4.79 Å². The lowest BCUT2D eigenvalue weighted by molar-refractivity contribution is -0.150. The monoisotopic (exact) mass is 363 g/mol. The van der Waals surface area contributed by atoms with Crippen LogP contribution in [0.5, 0.6) is 11.5 Å². The molecule has 140 valence electrons. The van der Waals surface area contributed by atoms with Crippen molar-refractivity contribution in [1.29, 1.82) is 0 Å². The zero-order chi connectivity index (χ0) is 18.5. The lowest BCUT2D eigenvalue weighted by atomic mass is 9.97. The molecule has 10 nitrogen and oxygen atoms in total. The quantitative estimate of drug-likeness (QED) is 0.741. The van der Waals surface area contributed by atoms with Crippen molar-refractivity contribution in [2.75, 3.05) is 34.0 Å². The summed E-state index contributed by atoms with van der Waals surface area (Å²) in [6, 6.07) is 4.93. The Labute approximate surface area is 150 Å². The second kappa shape index (κ2) is 8.11. The van der Waals surface area contributed by atoms with E-state index < -0.39 is 12.1 Å². The van der Waals surface area contributed by atoms with E-state index >= 15 is 0 Å². The molecule has 3 rings (SSSR count). The number of rotatable bonds is 6. The van der Waals surface area contributed by atoms with Crippen LogP contribution >= 0.6 is 0 Å². The number of methoxy groups -OCH3 is 2. The van der Waals surface area contributed by atoms with Crippen LogP contribution in [0.2, 0.25) is 0 Å².